The lowest BCUT2D eigenvalue weighted by Gasteiger charge is -2.33. The summed E-state index contributed by atoms with van der Waals surface area (Å²) in [5, 5.41) is 12.1. The summed E-state index contributed by atoms with van der Waals surface area (Å²) in [5.74, 6) is -0.470. The molecule has 2 rings (SSSR count). The summed E-state index contributed by atoms with van der Waals surface area (Å²) >= 11 is 2.88. The van der Waals surface area contributed by atoms with E-state index < -0.39 is 17.4 Å². The van der Waals surface area contributed by atoms with Gasteiger partial charge in [0, 0.05) is 10.5 Å². The van der Waals surface area contributed by atoms with E-state index in [0.717, 1.165) is 0 Å². The average molecular weight is 329 g/mol. The highest BCUT2D eigenvalue weighted by Gasteiger charge is 2.41. The molecule has 1 amide bonds. The molecule has 21 heavy (non-hydrogen) atoms. The minimum Gasteiger partial charge on any atom is -0.480 e. The fraction of sp³-hybridized carbons (Fsp3) is 0.429. The Balaban J connectivity index is 2.21. The molecule has 0 unspecified atom stereocenters. The summed E-state index contributed by atoms with van der Waals surface area (Å²) in [7, 11) is 0. The number of rotatable bonds is 4. The van der Waals surface area contributed by atoms with Gasteiger partial charge < -0.3 is 10.4 Å². The number of benzene rings is 1. The highest BCUT2D eigenvalue weighted by molar-refractivity contribution is 7.99. The molecule has 1 saturated heterocycles. The molecule has 1 aliphatic rings. The zero-order valence-electron chi connectivity index (χ0n) is 11.5. The van der Waals surface area contributed by atoms with Gasteiger partial charge in [0.25, 0.3) is 5.91 Å². The Kier molecular flexibility index (Phi) is 5.16. The summed E-state index contributed by atoms with van der Waals surface area (Å²) < 4.78 is 13.4. The second kappa shape index (κ2) is 6.70. The van der Waals surface area contributed by atoms with Crippen molar-refractivity contribution in [2.75, 3.05) is 17.8 Å². The molecular formula is C14H16FNO3S2. The quantitative estimate of drug-likeness (QED) is 0.831. The second-order valence-electron chi connectivity index (χ2n) is 4.80. The number of hydrogen-bond acceptors (Lipinski definition) is 4. The van der Waals surface area contributed by atoms with Crippen LogP contribution in [-0.2, 0) is 4.79 Å². The number of carboxylic acids is 1. The summed E-state index contributed by atoms with van der Waals surface area (Å²) in [6, 6.07) is 4.05. The van der Waals surface area contributed by atoms with Gasteiger partial charge in [-0.3, -0.25) is 4.79 Å². The zero-order chi connectivity index (χ0) is 15.5. The monoisotopic (exact) mass is 329 g/mol. The van der Waals surface area contributed by atoms with Gasteiger partial charge in [0.2, 0.25) is 0 Å². The molecule has 114 valence electrons. The van der Waals surface area contributed by atoms with Crippen molar-refractivity contribution in [3.8, 4) is 0 Å². The van der Waals surface area contributed by atoms with Gasteiger partial charge in [-0.15, -0.1) is 11.8 Å². The topological polar surface area (TPSA) is 66.4 Å². The minimum absolute atomic E-state index is 0.277. The molecule has 0 aromatic heterocycles. The molecule has 0 spiro atoms. The third-order valence-corrected chi connectivity index (χ3v) is 5.26. The molecule has 1 aliphatic heterocycles. The summed E-state index contributed by atoms with van der Waals surface area (Å²) in [6.45, 7) is 0. The normalized spacial score (nSPS) is 17.2. The lowest BCUT2D eigenvalue weighted by molar-refractivity contribution is -0.144. The SMILES string of the molecule is CSc1cc(C(=O)NC2(C(=O)O)CCSCC2)ccc1F. The van der Waals surface area contributed by atoms with Crippen LogP contribution in [0.5, 0.6) is 0 Å². The van der Waals surface area contributed by atoms with Crippen LogP contribution in [0.15, 0.2) is 23.1 Å². The first kappa shape index (κ1) is 16.2. The molecule has 0 saturated carbocycles. The molecule has 1 aromatic rings. The van der Waals surface area contributed by atoms with Gasteiger partial charge in [-0.2, -0.15) is 11.8 Å². The molecule has 0 radical (unpaired) electrons. The Hall–Kier alpha value is -1.21. The highest BCUT2D eigenvalue weighted by Crippen LogP contribution is 2.28. The van der Waals surface area contributed by atoms with Gasteiger partial charge in [-0.1, -0.05) is 0 Å². The number of hydrogen-bond donors (Lipinski definition) is 2. The van der Waals surface area contributed by atoms with Gasteiger partial charge in [0.15, 0.2) is 0 Å². The molecule has 4 nitrogen and oxygen atoms in total. The van der Waals surface area contributed by atoms with Crippen LogP contribution in [0.2, 0.25) is 0 Å². The molecule has 1 fully saturated rings. The molecule has 2 N–H and O–H groups in total. The predicted octanol–water partition coefficient (Wildman–Crippen LogP) is 2.63. The Bertz CT molecular complexity index is 559. The molecule has 0 aliphatic carbocycles. The van der Waals surface area contributed by atoms with Crippen LogP contribution in [0.1, 0.15) is 23.2 Å². The molecular weight excluding hydrogens is 313 g/mol. The number of halogens is 1. The van der Waals surface area contributed by atoms with E-state index in [-0.39, 0.29) is 11.4 Å². The van der Waals surface area contributed by atoms with Crippen molar-refractivity contribution in [1.82, 2.24) is 5.32 Å². The van der Waals surface area contributed by atoms with Gasteiger partial charge in [-0.25, -0.2) is 9.18 Å². The van der Waals surface area contributed by atoms with E-state index in [9.17, 15) is 19.1 Å². The average Bonchev–Trinajstić information content (AvgIpc) is 2.48. The van der Waals surface area contributed by atoms with E-state index in [4.69, 9.17) is 0 Å². The fourth-order valence-electron chi connectivity index (χ4n) is 2.20. The third-order valence-electron chi connectivity index (χ3n) is 3.52. The van der Waals surface area contributed by atoms with Crippen LogP contribution in [-0.4, -0.2) is 40.3 Å². The number of aliphatic carboxylic acids is 1. The number of carboxylic acid groups (broad SMARTS) is 1. The van der Waals surface area contributed by atoms with Crippen molar-refractivity contribution < 1.29 is 19.1 Å². The van der Waals surface area contributed by atoms with Gasteiger partial charge in [0.05, 0.1) is 0 Å². The molecule has 7 heteroatoms. The maximum Gasteiger partial charge on any atom is 0.329 e. The van der Waals surface area contributed by atoms with Gasteiger partial charge in [-0.05, 0) is 48.8 Å². The molecule has 0 bridgehead atoms. The Morgan fingerprint density at radius 2 is 2.05 bits per heavy atom. The molecule has 1 aromatic carbocycles. The summed E-state index contributed by atoms with van der Waals surface area (Å²) in [4.78, 5) is 24.2. The van der Waals surface area contributed by atoms with Gasteiger partial charge >= 0.3 is 5.97 Å². The van der Waals surface area contributed by atoms with Crippen LogP contribution in [0.4, 0.5) is 4.39 Å². The Morgan fingerprint density at radius 3 is 2.62 bits per heavy atom. The van der Waals surface area contributed by atoms with Gasteiger partial charge in [0.1, 0.15) is 11.4 Å². The number of carbonyl (C=O) groups excluding carboxylic acids is 1. The number of carbonyl (C=O) groups is 2. The zero-order valence-corrected chi connectivity index (χ0v) is 13.2. The van der Waals surface area contributed by atoms with E-state index in [1.165, 1.54) is 30.0 Å². The van der Waals surface area contributed by atoms with Crippen molar-refractivity contribution >= 4 is 35.4 Å². The second-order valence-corrected chi connectivity index (χ2v) is 6.88. The predicted molar refractivity (Wildman–Crippen MR) is 82.6 cm³/mol. The standard InChI is InChI=1S/C14H16FNO3S2/c1-20-11-8-9(2-3-10(11)15)12(17)16-14(13(18)19)4-6-21-7-5-14/h2-3,8H,4-7H2,1H3,(H,16,17)(H,18,19). The van der Waals surface area contributed by atoms with Crippen LogP contribution in [0.3, 0.4) is 0 Å². The first-order chi connectivity index (χ1) is 9.98. The van der Waals surface area contributed by atoms with Crippen molar-refractivity contribution in [2.24, 2.45) is 0 Å². The maximum absolute atomic E-state index is 13.4. The van der Waals surface area contributed by atoms with Crippen molar-refractivity contribution in [1.29, 1.82) is 0 Å². The van der Waals surface area contributed by atoms with E-state index in [0.29, 0.717) is 29.2 Å². The van der Waals surface area contributed by atoms with E-state index in [2.05, 4.69) is 5.32 Å². The minimum atomic E-state index is -1.21. The van der Waals surface area contributed by atoms with Crippen molar-refractivity contribution in [2.45, 2.75) is 23.3 Å². The third kappa shape index (κ3) is 3.52. The lowest BCUT2D eigenvalue weighted by atomic mass is 9.92. The lowest BCUT2D eigenvalue weighted by Crippen LogP contribution is -2.56. The van der Waals surface area contributed by atoms with Crippen molar-refractivity contribution in [3.05, 3.63) is 29.6 Å². The first-order valence-electron chi connectivity index (χ1n) is 6.46. The smallest absolute Gasteiger partial charge is 0.329 e. The van der Waals surface area contributed by atoms with Crippen LogP contribution in [0, 0.1) is 5.82 Å². The van der Waals surface area contributed by atoms with E-state index in [1.807, 2.05) is 0 Å². The Labute approximate surface area is 130 Å². The van der Waals surface area contributed by atoms with E-state index >= 15 is 0 Å². The first-order valence-corrected chi connectivity index (χ1v) is 8.84. The molecule has 1 heterocycles. The fourth-order valence-corrected chi connectivity index (χ4v) is 3.90. The number of thioether (sulfide) groups is 2. The molecule has 0 atom stereocenters. The van der Waals surface area contributed by atoms with Crippen LogP contribution in [0.25, 0.3) is 0 Å². The number of amides is 1. The maximum atomic E-state index is 13.4. The van der Waals surface area contributed by atoms with Crippen LogP contribution >= 0.6 is 23.5 Å². The van der Waals surface area contributed by atoms with Crippen LogP contribution < -0.4 is 5.32 Å². The Morgan fingerprint density at radius 1 is 1.38 bits per heavy atom. The summed E-state index contributed by atoms with van der Waals surface area (Å²) in [6.07, 6.45) is 2.52. The van der Waals surface area contributed by atoms with E-state index in [1.54, 1.807) is 18.0 Å². The largest absolute Gasteiger partial charge is 0.480 e. The summed E-state index contributed by atoms with van der Waals surface area (Å²) in [5.41, 5.74) is -0.935. The van der Waals surface area contributed by atoms with Crippen molar-refractivity contribution in [3.63, 3.8) is 0 Å². The number of nitrogens with one attached hydrogen (secondary N) is 1. The highest BCUT2D eigenvalue weighted by atomic mass is 32.2.